The van der Waals surface area contributed by atoms with Gasteiger partial charge < -0.3 is 21.1 Å². The Morgan fingerprint density at radius 3 is 2.57 bits per heavy atom. The van der Waals surface area contributed by atoms with Gasteiger partial charge in [-0.15, -0.1) is 0 Å². The number of alkyl halides is 4. The van der Waals surface area contributed by atoms with Crippen molar-refractivity contribution < 1.29 is 44.3 Å². The van der Waals surface area contributed by atoms with Gasteiger partial charge in [0.15, 0.2) is 5.82 Å². The zero-order valence-electron chi connectivity index (χ0n) is 30.7. The molecule has 1 unspecified atom stereocenters. The van der Waals surface area contributed by atoms with Gasteiger partial charge in [0.25, 0.3) is 12.3 Å². The molecule has 3 heterocycles. The van der Waals surface area contributed by atoms with E-state index < -0.39 is 87.4 Å². The molecule has 2 saturated carbocycles. The minimum Gasteiger partial charge on any atom is -0.397 e. The van der Waals surface area contributed by atoms with Gasteiger partial charge in [0, 0.05) is 48.8 Å². The molecular weight excluding hydrogens is 814 g/mol. The standard InChI is InChI=1S/C38H35ClF6N8O4S/c1-53-34-24(7-8-27(39)31(34)37(51-53)52-58(2,55)56)23-6-4-21(3-5-22-16-47-9-10-57-22)49-33(23)28(13-18-11-19(40)14-20(41)12-18)50-29(54)17-48-35-30(32(46)36(42)43)25-15-26(25)38(35,44)45/h4,6-8,11-12,14,22,25-26,28,36,47H,9-10,13,15-17,46H2,1-2H3,(H,50,54)(H,51,52)/t22?,25-,26+,28-/m0/s1. The van der Waals surface area contributed by atoms with Crippen molar-refractivity contribution >= 4 is 50.0 Å². The van der Waals surface area contributed by atoms with E-state index in [0.717, 1.165) is 18.4 Å². The molecule has 0 spiro atoms. The lowest BCUT2D eigenvalue weighted by atomic mass is 9.93. The number of aryl methyl sites for hydroxylation is 1. The SMILES string of the molecule is Cn1nc(NS(C)(=O)=O)c2c(Cl)ccc(-c3ccc(C#CC4CNCCO4)nc3[C@H](Cc3cc(F)cc(F)c3)NC(=O)CN=C3C(=C(N)C(F)F)[C@H]4C[C@H]4C3(F)F)c21. The zero-order valence-corrected chi connectivity index (χ0v) is 32.3. The molecule has 2 aromatic carbocycles. The Kier molecular flexibility index (Phi) is 11.2. The minimum absolute atomic E-state index is 0.0508. The van der Waals surface area contributed by atoms with Crippen LogP contribution in [0, 0.1) is 35.3 Å². The normalized spacial score (nSPS) is 22.0. The van der Waals surface area contributed by atoms with E-state index in [1.807, 2.05) is 0 Å². The lowest BCUT2D eigenvalue weighted by molar-refractivity contribution is -0.120. The van der Waals surface area contributed by atoms with Crippen LogP contribution in [0.5, 0.6) is 0 Å². The molecule has 4 atom stereocenters. The van der Waals surface area contributed by atoms with Gasteiger partial charge in [-0.3, -0.25) is 19.2 Å². The molecule has 58 heavy (non-hydrogen) atoms. The number of carbonyl (C=O) groups excluding carboxylic acids is 1. The van der Waals surface area contributed by atoms with E-state index in [1.54, 1.807) is 25.2 Å². The van der Waals surface area contributed by atoms with Gasteiger partial charge in [-0.1, -0.05) is 23.6 Å². The molecule has 5 N–H and O–H groups in total. The van der Waals surface area contributed by atoms with E-state index >= 15 is 8.78 Å². The second kappa shape index (κ2) is 15.9. The Labute approximate surface area is 333 Å². The van der Waals surface area contributed by atoms with E-state index in [4.69, 9.17) is 27.1 Å². The van der Waals surface area contributed by atoms with Crippen LogP contribution in [0.1, 0.15) is 29.4 Å². The number of ether oxygens (including phenoxy) is 1. The predicted octanol–water partition coefficient (Wildman–Crippen LogP) is 4.88. The molecule has 0 bridgehead atoms. The summed E-state index contributed by atoms with van der Waals surface area (Å²) in [6.45, 7) is 0.556. The first kappa shape index (κ1) is 41.0. The predicted molar refractivity (Wildman–Crippen MR) is 204 cm³/mol. The number of halogens is 7. The van der Waals surface area contributed by atoms with E-state index in [2.05, 4.69) is 37.3 Å². The maximum absolute atomic E-state index is 15.3. The maximum atomic E-state index is 15.3. The average Bonchev–Trinajstić information content (AvgIpc) is 3.84. The van der Waals surface area contributed by atoms with Gasteiger partial charge in [-0.2, -0.15) is 13.9 Å². The van der Waals surface area contributed by atoms with Crippen molar-refractivity contribution in [3.05, 3.63) is 87.3 Å². The Morgan fingerprint density at radius 1 is 1.17 bits per heavy atom. The molecule has 12 nitrogen and oxygen atoms in total. The number of fused-ring (bicyclic) bond motifs is 2. The molecule has 0 radical (unpaired) electrons. The third kappa shape index (κ3) is 8.51. The highest BCUT2D eigenvalue weighted by Gasteiger charge is 2.67. The molecular formula is C38H35ClF6N8O4S. The van der Waals surface area contributed by atoms with E-state index in [0.29, 0.717) is 42.4 Å². The number of hydrogen-bond donors (Lipinski definition) is 4. The second-order valence-electron chi connectivity index (χ2n) is 14.1. The summed E-state index contributed by atoms with van der Waals surface area (Å²) in [4.78, 5) is 22.4. The monoisotopic (exact) mass is 848 g/mol. The lowest BCUT2D eigenvalue weighted by Gasteiger charge is -2.23. The fourth-order valence-corrected chi connectivity index (χ4v) is 8.10. The summed E-state index contributed by atoms with van der Waals surface area (Å²) in [6.07, 6.45) is -3.12. The number of carbonyl (C=O) groups is 1. The largest absolute Gasteiger partial charge is 0.397 e. The summed E-state index contributed by atoms with van der Waals surface area (Å²) < 4.78 is 121. The number of amides is 1. The molecule has 2 aliphatic carbocycles. The van der Waals surface area contributed by atoms with Crippen LogP contribution in [-0.4, -0.2) is 85.7 Å². The molecule has 1 saturated heterocycles. The molecule has 3 aliphatic rings. The first-order chi connectivity index (χ1) is 27.4. The summed E-state index contributed by atoms with van der Waals surface area (Å²) in [5.41, 5.74) is 4.41. The Morgan fingerprint density at radius 2 is 1.90 bits per heavy atom. The van der Waals surface area contributed by atoms with E-state index in [-0.39, 0.29) is 46.0 Å². The number of benzene rings is 2. The Hall–Kier alpha value is -5.16. The number of rotatable bonds is 10. The van der Waals surface area contributed by atoms with Crippen LogP contribution in [0.2, 0.25) is 5.02 Å². The fraction of sp³-hybridized carbons (Fsp3) is 0.368. The highest BCUT2D eigenvalue weighted by molar-refractivity contribution is 7.92. The smallest absolute Gasteiger partial charge is 0.292 e. The fourth-order valence-electron chi connectivity index (χ4n) is 7.37. The summed E-state index contributed by atoms with van der Waals surface area (Å²) >= 11 is 6.59. The molecule has 2 aromatic heterocycles. The first-order valence-electron chi connectivity index (χ1n) is 17.8. The second-order valence-corrected chi connectivity index (χ2v) is 16.3. The van der Waals surface area contributed by atoms with Crippen LogP contribution in [-0.2, 0) is 33.0 Å². The number of morpholine rings is 1. The average molecular weight is 849 g/mol. The number of nitrogens with zero attached hydrogens (tertiary/aromatic N) is 4. The van der Waals surface area contributed by atoms with Gasteiger partial charge >= 0.3 is 0 Å². The lowest BCUT2D eigenvalue weighted by Crippen LogP contribution is -2.37. The highest BCUT2D eigenvalue weighted by atomic mass is 35.5. The summed E-state index contributed by atoms with van der Waals surface area (Å²) in [5.74, 6) is -2.71. The van der Waals surface area contributed by atoms with Crippen molar-refractivity contribution in [1.82, 2.24) is 25.4 Å². The number of pyridine rings is 1. The van der Waals surface area contributed by atoms with Gasteiger partial charge in [0.2, 0.25) is 15.9 Å². The maximum Gasteiger partial charge on any atom is 0.292 e. The molecule has 20 heteroatoms. The van der Waals surface area contributed by atoms with Crippen LogP contribution >= 0.6 is 11.6 Å². The van der Waals surface area contributed by atoms with Crippen molar-refractivity contribution in [3.8, 4) is 23.0 Å². The van der Waals surface area contributed by atoms with Crippen LogP contribution in [0.25, 0.3) is 22.0 Å². The van der Waals surface area contributed by atoms with Gasteiger partial charge in [0.05, 0.1) is 46.2 Å². The highest BCUT2D eigenvalue weighted by Crippen LogP contribution is 2.62. The Bertz CT molecular complexity index is 2530. The quantitative estimate of drug-likeness (QED) is 0.130. The summed E-state index contributed by atoms with van der Waals surface area (Å²) in [7, 11) is -2.28. The van der Waals surface area contributed by atoms with Crippen LogP contribution in [0.15, 0.2) is 58.7 Å². The van der Waals surface area contributed by atoms with Crippen LogP contribution in [0.4, 0.5) is 32.2 Å². The number of aliphatic imine (C=N–C) groups is 1. The zero-order chi connectivity index (χ0) is 41.7. The number of anilines is 1. The molecule has 3 fully saturated rings. The molecule has 7 rings (SSSR count). The summed E-state index contributed by atoms with van der Waals surface area (Å²) in [6, 6.07) is 7.76. The van der Waals surface area contributed by atoms with Gasteiger partial charge in [0.1, 0.15) is 35.7 Å². The summed E-state index contributed by atoms with van der Waals surface area (Å²) in [5, 5.41) is 10.6. The van der Waals surface area contributed by atoms with Gasteiger partial charge in [-0.05, 0) is 60.6 Å². The van der Waals surface area contributed by atoms with Crippen molar-refractivity contribution in [3.63, 3.8) is 0 Å². The topological polar surface area (TPSA) is 166 Å². The number of allylic oxidation sites excluding steroid dienone is 2. The van der Waals surface area contributed by atoms with Crippen molar-refractivity contribution in [2.75, 3.05) is 37.2 Å². The molecule has 4 aromatic rings. The van der Waals surface area contributed by atoms with Crippen molar-refractivity contribution in [1.29, 1.82) is 0 Å². The van der Waals surface area contributed by atoms with Crippen molar-refractivity contribution in [2.45, 2.75) is 37.3 Å². The third-order valence-corrected chi connectivity index (χ3v) is 10.8. The van der Waals surface area contributed by atoms with Gasteiger partial charge in [-0.25, -0.2) is 31.0 Å². The minimum atomic E-state index is -3.82. The van der Waals surface area contributed by atoms with E-state index in [1.165, 1.54) is 10.7 Å². The number of aromatic nitrogens is 3. The third-order valence-electron chi connectivity index (χ3n) is 9.88. The number of sulfonamides is 1. The molecule has 1 aliphatic heterocycles. The number of nitrogens with one attached hydrogen (secondary N) is 3. The molecule has 1 amide bonds. The van der Waals surface area contributed by atoms with E-state index in [9.17, 15) is 30.8 Å². The van der Waals surface area contributed by atoms with Crippen LogP contribution < -0.4 is 21.1 Å². The Balaban J connectivity index is 1.36. The number of nitrogens with two attached hydrogens (primary N) is 1. The van der Waals surface area contributed by atoms with Crippen molar-refractivity contribution in [2.24, 2.45) is 29.6 Å². The first-order valence-corrected chi connectivity index (χ1v) is 20.1. The molecule has 306 valence electrons. The van der Waals surface area contributed by atoms with Crippen LogP contribution in [0.3, 0.4) is 0 Å². The number of hydrogen-bond acceptors (Lipinski definition) is 9.